The maximum atomic E-state index is 12.5. The number of benzene rings is 1. The molecule has 0 unspecified atom stereocenters. The van der Waals surface area contributed by atoms with Crippen molar-refractivity contribution in [1.82, 2.24) is 10.3 Å². The molecule has 1 N–H and O–H groups in total. The monoisotopic (exact) mass is 324 g/mol. The van der Waals surface area contributed by atoms with Gasteiger partial charge in [-0.2, -0.15) is 0 Å². The van der Waals surface area contributed by atoms with Crippen molar-refractivity contribution in [3.05, 3.63) is 65.1 Å². The molecule has 0 fully saturated rings. The van der Waals surface area contributed by atoms with Crippen LogP contribution in [0.1, 0.15) is 40.7 Å². The third kappa shape index (κ3) is 2.80. The summed E-state index contributed by atoms with van der Waals surface area (Å²) in [5.41, 5.74) is 2.61. The number of hydrogen-bond acceptors (Lipinski definition) is 4. The van der Waals surface area contributed by atoms with Gasteiger partial charge in [0.15, 0.2) is 0 Å². The number of carbonyl (C=O) groups is 1. The third-order valence-electron chi connectivity index (χ3n) is 4.11. The average Bonchev–Trinajstić information content (AvgIpc) is 3.25. The Labute approximate surface area is 138 Å². The molecule has 1 aromatic carbocycles. The van der Waals surface area contributed by atoms with Crippen LogP contribution in [-0.4, -0.2) is 10.9 Å². The van der Waals surface area contributed by atoms with E-state index in [2.05, 4.69) is 10.3 Å². The highest BCUT2D eigenvalue weighted by Gasteiger charge is 2.25. The minimum atomic E-state index is -0.123. The molecule has 1 aliphatic carbocycles. The molecule has 1 atom stereocenters. The molecule has 1 amide bonds. The summed E-state index contributed by atoms with van der Waals surface area (Å²) in [7, 11) is 0. The van der Waals surface area contributed by atoms with Gasteiger partial charge in [0.2, 0.25) is 0 Å². The van der Waals surface area contributed by atoms with Gasteiger partial charge in [0, 0.05) is 22.9 Å². The van der Waals surface area contributed by atoms with E-state index in [1.807, 2.05) is 41.8 Å². The average molecular weight is 324 g/mol. The summed E-state index contributed by atoms with van der Waals surface area (Å²) in [6.07, 6.45) is 4.61. The number of fused-ring (bicyclic) bond motifs is 1. The molecule has 5 heteroatoms. The number of furan rings is 1. The van der Waals surface area contributed by atoms with Crippen LogP contribution in [0.5, 0.6) is 0 Å². The Morgan fingerprint density at radius 3 is 3.00 bits per heavy atom. The highest BCUT2D eigenvalue weighted by Crippen LogP contribution is 2.31. The predicted octanol–water partition coefficient (Wildman–Crippen LogP) is 4.21. The number of aromatic nitrogens is 1. The molecule has 23 heavy (non-hydrogen) atoms. The topological polar surface area (TPSA) is 55.1 Å². The van der Waals surface area contributed by atoms with Gasteiger partial charge in [-0.3, -0.25) is 4.79 Å². The van der Waals surface area contributed by atoms with Crippen LogP contribution < -0.4 is 5.32 Å². The lowest BCUT2D eigenvalue weighted by atomic mass is 9.93. The smallest absolute Gasteiger partial charge is 0.271 e. The molecule has 3 aromatic rings. The van der Waals surface area contributed by atoms with Gasteiger partial charge < -0.3 is 9.73 Å². The van der Waals surface area contributed by atoms with Gasteiger partial charge in [-0.15, -0.1) is 11.3 Å². The Balaban J connectivity index is 1.52. The van der Waals surface area contributed by atoms with Crippen LogP contribution in [-0.2, 0) is 6.42 Å². The van der Waals surface area contributed by atoms with E-state index in [9.17, 15) is 4.79 Å². The van der Waals surface area contributed by atoms with Crippen molar-refractivity contribution in [3.8, 4) is 10.6 Å². The van der Waals surface area contributed by atoms with Gasteiger partial charge in [-0.1, -0.05) is 30.3 Å². The number of nitrogens with one attached hydrogen (secondary N) is 1. The molecular formula is C18H16N2O2S. The predicted molar refractivity (Wildman–Crippen MR) is 89.4 cm³/mol. The van der Waals surface area contributed by atoms with Crippen LogP contribution in [0.4, 0.5) is 0 Å². The number of amides is 1. The summed E-state index contributed by atoms with van der Waals surface area (Å²) >= 11 is 1.49. The summed E-state index contributed by atoms with van der Waals surface area (Å²) in [5, 5.41) is 5.77. The van der Waals surface area contributed by atoms with Crippen molar-refractivity contribution in [2.24, 2.45) is 0 Å². The van der Waals surface area contributed by atoms with Crippen molar-refractivity contribution in [3.63, 3.8) is 0 Å². The van der Waals surface area contributed by atoms with E-state index in [4.69, 9.17) is 4.42 Å². The van der Waals surface area contributed by atoms with Crippen molar-refractivity contribution in [2.45, 2.75) is 25.3 Å². The summed E-state index contributed by atoms with van der Waals surface area (Å²) in [4.78, 5) is 17.0. The van der Waals surface area contributed by atoms with Crippen molar-refractivity contribution in [1.29, 1.82) is 0 Å². The molecule has 1 aliphatic rings. The Kier molecular flexibility index (Phi) is 3.71. The summed E-state index contributed by atoms with van der Waals surface area (Å²) in [5.74, 6) is 0.868. The molecule has 0 spiro atoms. The minimum Gasteiger partial charge on any atom is -0.469 e. The maximum Gasteiger partial charge on any atom is 0.271 e. The number of thiazole rings is 1. The summed E-state index contributed by atoms with van der Waals surface area (Å²) in [6.45, 7) is 0. The fourth-order valence-electron chi connectivity index (χ4n) is 2.96. The van der Waals surface area contributed by atoms with Crippen molar-refractivity contribution >= 4 is 17.2 Å². The number of rotatable bonds is 3. The summed E-state index contributed by atoms with van der Waals surface area (Å²) in [6, 6.07) is 11.9. The molecule has 116 valence electrons. The largest absolute Gasteiger partial charge is 0.469 e. The fourth-order valence-corrected chi connectivity index (χ4v) is 3.77. The van der Waals surface area contributed by atoms with Crippen LogP contribution in [0.3, 0.4) is 0 Å². The Bertz CT molecular complexity index is 822. The van der Waals surface area contributed by atoms with Gasteiger partial charge >= 0.3 is 0 Å². The molecule has 4 rings (SSSR count). The van der Waals surface area contributed by atoms with Crippen LogP contribution in [0.25, 0.3) is 10.6 Å². The number of nitrogens with zero attached hydrogens (tertiary/aromatic N) is 1. The first-order chi connectivity index (χ1) is 11.3. The minimum absolute atomic E-state index is 0.0203. The Morgan fingerprint density at radius 1 is 1.26 bits per heavy atom. The van der Waals surface area contributed by atoms with E-state index in [1.54, 1.807) is 6.26 Å². The van der Waals surface area contributed by atoms with Crippen LogP contribution in [0, 0.1) is 0 Å². The molecule has 0 aliphatic heterocycles. The molecule has 0 bridgehead atoms. The quantitative estimate of drug-likeness (QED) is 0.785. The van der Waals surface area contributed by atoms with Gasteiger partial charge in [-0.05, 0) is 18.9 Å². The zero-order chi connectivity index (χ0) is 15.6. The molecule has 4 nitrogen and oxygen atoms in total. The maximum absolute atomic E-state index is 12.5. The lowest BCUT2D eigenvalue weighted by Gasteiger charge is -2.22. The molecule has 2 aromatic heterocycles. The molecular weight excluding hydrogens is 308 g/mol. The second-order valence-corrected chi connectivity index (χ2v) is 6.48. The second kappa shape index (κ2) is 6.01. The Hall–Kier alpha value is -2.40. The second-order valence-electron chi connectivity index (χ2n) is 5.62. The standard InChI is InChI=1S/C18H16N2O2S/c21-17(19-14-7-4-8-16-13(14)9-10-22-16)15-11-23-18(20-15)12-5-2-1-3-6-12/h1-3,5-6,9-11,14H,4,7-8H2,(H,19,21)/t14-/m0/s1. The van der Waals surface area contributed by atoms with E-state index < -0.39 is 0 Å². The van der Waals surface area contributed by atoms with Gasteiger partial charge in [0.1, 0.15) is 16.5 Å². The first-order valence-electron chi connectivity index (χ1n) is 7.69. The molecule has 0 radical (unpaired) electrons. The number of carbonyl (C=O) groups excluding carboxylic acids is 1. The van der Waals surface area contributed by atoms with Crippen LogP contribution in [0.15, 0.2) is 52.5 Å². The van der Waals surface area contributed by atoms with Gasteiger partial charge in [0.25, 0.3) is 5.91 Å². The highest BCUT2D eigenvalue weighted by molar-refractivity contribution is 7.13. The normalized spacial score (nSPS) is 16.8. The van der Waals surface area contributed by atoms with E-state index in [0.29, 0.717) is 5.69 Å². The van der Waals surface area contributed by atoms with Crippen LogP contribution >= 0.6 is 11.3 Å². The third-order valence-corrected chi connectivity index (χ3v) is 5.01. The number of hydrogen-bond donors (Lipinski definition) is 1. The SMILES string of the molecule is O=C(N[C@H]1CCCc2occc21)c1csc(-c2ccccc2)n1. The van der Waals surface area contributed by atoms with Crippen molar-refractivity contribution < 1.29 is 9.21 Å². The lowest BCUT2D eigenvalue weighted by molar-refractivity contribution is 0.0928. The first-order valence-corrected chi connectivity index (χ1v) is 8.57. The highest BCUT2D eigenvalue weighted by atomic mass is 32.1. The van der Waals surface area contributed by atoms with E-state index in [0.717, 1.165) is 41.2 Å². The van der Waals surface area contributed by atoms with E-state index in [-0.39, 0.29) is 11.9 Å². The molecule has 2 heterocycles. The van der Waals surface area contributed by atoms with Gasteiger partial charge in [-0.25, -0.2) is 4.98 Å². The van der Waals surface area contributed by atoms with Crippen molar-refractivity contribution in [2.75, 3.05) is 0 Å². The lowest BCUT2D eigenvalue weighted by Crippen LogP contribution is -2.30. The van der Waals surface area contributed by atoms with E-state index in [1.165, 1.54) is 11.3 Å². The van der Waals surface area contributed by atoms with E-state index >= 15 is 0 Å². The Morgan fingerprint density at radius 2 is 2.13 bits per heavy atom. The summed E-state index contributed by atoms with van der Waals surface area (Å²) < 4.78 is 5.47. The fraction of sp³-hybridized carbons (Fsp3) is 0.222. The first kappa shape index (κ1) is 14.2. The molecule has 0 saturated heterocycles. The molecule has 0 saturated carbocycles. The van der Waals surface area contributed by atoms with Crippen LogP contribution in [0.2, 0.25) is 0 Å². The number of aryl methyl sites for hydroxylation is 1. The van der Waals surface area contributed by atoms with Gasteiger partial charge in [0.05, 0.1) is 12.3 Å². The zero-order valence-corrected chi connectivity index (χ0v) is 13.3. The zero-order valence-electron chi connectivity index (χ0n) is 12.5.